The normalized spacial score (nSPS) is 7.20. The fourth-order valence-corrected chi connectivity index (χ4v) is 0. The first-order valence-corrected chi connectivity index (χ1v) is 12.5. The third-order valence-electron chi connectivity index (χ3n) is 0. The number of halogens is 3. The van der Waals surface area contributed by atoms with Gasteiger partial charge in [0, 0.05) is 0 Å². The monoisotopic (exact) mass is 304 g/mol. The molecule has 0 aliphatic carbocycles. The molecule has 0 bridgehead atoms. The van der Waals surface area contributed by atoms with Gasteiger partial charge in [-0.05, 0) is 0 Å². The summed E-state index contributed by atoms with van der Waals surface area (Å²) in [7, 11) is 15.0. The zero-order valence-corrected chi connectivity index (χ0v) is 7.56. The van der Waals surface area contributed by atoms with Crippen molar-refractivity contribution in [1.82, 2.24) is 0 Å². The molecule has 0 aliphatic rings. The standard InChI is InChI=1S/3ClH.H2O.Ta/h3*1H;1H2;/q;;;;+3/p-3. The van der Waals surface area contributed by atoms with Crippen molar-refractivity contribution in [2.45, 2.75) is 0 Å². The van der Waals surface area contributed by atoms with E-state index in [1.165, 1.54) is 0 Å². The average Bonchev–Trinajstić information content (AvgIpc) is 0.811. The van der Waals surface area contributed by atoms with Crippen LogP contribution in [-0.2, 0) is 15.2 Å². The van der Waals surface area contributed by atoms with E-state index in [2.05, 4.69) is 0 Å². The Labute approximate surface area is 48.1 Å². The van der Waals surface area contributed by atoms with Gasteiger partial charge in [0.1, 0.15) is 0 Å². The topological polar surface area (TPSA) is 31.5 Å². The van der Waals surface area contributed by atoms with Crippen LogP contribution in [0.3, 0.4) is 0 Å². The van der Waals surface area contributed by atoms with Crippen LogP contribution in [0.4, 0.5) is 0 Å². The molecule has 0 unspecified atom stereocenters. The fourth-order valence-electron chi connectivity index (χ4n) is 0. The zero-order valence-electron chi connectivity index (χ0n) is 2.08. The quantitative estimate of drug-likeness (QED) is 0.645. The summed E-state index contributed by atoms with van der Waals surface area (Å²) in [4.78, 5) is 0. The first-order valence-electron chi connectivity index (χ1n) is 0.507. The van der Waals surface area contributed by atoms with Crippen LogP contribution in [0, 0.1) is 0 Å². The summed E-state index contributed by atoms with van der Waals surface area (Å²) >= 11 is -2.18. The van der Waals surface area contributed by atoms with Crippen LogP contribution in [0.5, 0.6) is 0 Å². The van der Waals surface area contributed by atoms with Gasteiger partial charge >= 0.3 is 42.8 Å². The van der Waals surface area contributed by atoms with Gasteiger partial charge in [0.05, 0.1) is 0 Å². The van der Waals surface area contributed by atoms with Crippen LogP contribution in [-0.4, -0.2) is 5.48 Å². The van der Waals surface area contributed by atoms with Crippen molar-refractivity contribution in [1.29, 1.82) is 0 Å². The van der Waals surface area contributed by atoms with E-state index >= 15 is 0 Å². The van der Waals surface area contributed by atoms with E-state index in [9.17, 15) is 0 Å². The molecule has 0 rings (SSSR count). The molecular weight excluding hydrogens is 303 g/mol. The summed E-state index contributed by atoms with van der Waals surface area (Å²) in [5.41, 5.74) is 0. The molecule has 0 aromatic rings. The van der Waals surface area contributed by atoms with Crippen LogP contribution in [0.2, 0.25) is 0 Å². The molecule has 0 aliphatic heterocycles. The van der Waals surface area contributed by atoms with E-state index in [1.807, 2.05) is 0 Å². The fraction of sp³-hybridized carbons (Fsp3) is 0. The zero-order chi connectivity index (χ0) is 3.58. The Kier molecular flexibility index (Phi) is 10.9. The number of hydrogen-bond acceptors (Lipinski definition) is 0. The predicted octanol–water partition coefficient (Wildman–Crippen LogP) is 1.24. The minimum absolute atomic E-state index is 0. The third-order valence-corrected chi connectivity index (χ3v) is 0. The molecule has 0 aromatic heterocycles. The van der Waals surface area contributed by atoms with Gasteiger partial charge in [-0.15, -0.1) is 0 Å². The Morgan fingerprint density at radius 3 is 1.00 bits per heavy atom. The molecule has 2 N–H and O–H groups in total. The molecule has 0 saturated carbocycles. The second kappa shape index (κ2) is 5.57. The molecule has 5 heteroatoms. The maximum atomic E-state index is 5.01. The predicted molar refractivity (Wildman–Crippen MR) is 21.2 cm³/mol. The number of hydrogen-bond donors (Lipinski definition) is 0. The van der Waals surface area contributed by atoms with E-state index < -0.39 is 15.2 Å². The summed E-state index contributed by atoms with van der Waals surface area (Å²) in [5, 5.41) is 0. The molecule has 0 heterocycles. The van der Waals surface area contributed by atoms with Gasteiger partial charge in [-0.3, -0.25) is 0 Å². The first kappa shape index (κ1) is 9.76. The van der Waals surface area contributed by atoms with E-state index in [-0.39, 0.29) is 5.48 Å². The van der Waals surface area contributed by atoms with Crippen LogP contribution in [0.25, 0.3) is 0 Å². The third kappa shape index (κ3) is 28.8. The van der Waals surface area contributed by atoms with Gasteiger partial charge in [0.15, 0.2) is 0 Å². The van der Waals surface area contributed by atoms with Crippen molar-refractivity contribution in [3.05, 3.63) is 0 Å². The van der Waals surface area contributed by atoms with Crippen LogP contribution >= 0.6 is 27.6 Å². The molecule has 0 saturated heterocycles. The molecule has 0 atom stereocenters. The van der Waals surface area contributed by atoms with Crippen molar-refractivity contribution in [3.8, 4) is 0 Å². The Bertz CT molecular complexity index is 11.6. The van der Waals surface area contributed by atoms with E-state index in [4.69, 9.17) is 27.6 Å². The second-order valence-corrected chi connectivity index (χ2v) is 14.1. The Balaban J connectivity index is 0. The molecular formula is H2Cl3OTa. The van der Waals surface area contributed by atoms with E-state index in [0.29, 0.717) is 0 Å². The molecule has 0 radical (unpaired) electrons. The SMILES string of the molecule is O.[Cl][Ta]([Cl])[Cl]. The van der Waals surface area contributed by atoms with E-state index in [0.717, 1.165) is 0 Å². The van der Waals surface area contributed by atoms with Crippen LogP contribution in [0.1, 0.15) is 0 Å². The average molecular weight is 305 g/mol. The molecule has 0 aromatic carbocycles. The molecule has 0 fully saturated rings. The summed E-state index contributed by atoms with van der Waals surface area (Å²) in [5.74, 6) is 0. The molecule has 0 amide bonds. The van der Waals surface area contributed by atoms with E-state index in [1.54, 1.807) is 0 Å². The first-order chi connectivity index (χ1) is 1.73. The Morgan fingerprint density at radius 1 is 1.00 bits per heavy atom. The van der Waals surface area contributed by atoms with Gasteiger partial charge < -0.3 is 5.48 Å². The van der Waals surface area contributed by atoms with Crippen molar-refractivity contribution < 1.29 is 20.7 Å². The van der Waals surface area contributed by atoms with Crippen LogP contribution < -0.4 is 0 Å². The molecule has 1 nitrogen and oxygen atoms in total. The number of rotatable bonds is 0. The molecule has 5 heavy (non-hydrogen) atoms. The molecule has 34 valence electrons. The summed E-state index contributed by atoms with van der Waals surface area (Å²) in [6, 6.07) is 0. The van der Waals surface area contributed by atoms with Gasteiger partial charge in [-0.2, -0.15) is 0 Å². The van der Waals surface area contributed by atoms with Crippen molar-refractivity contribution >= 4 is 27.6 Å². The van der Waals surface area contributed by atoms with Crippen molar-refractivity contribution in [2.75, 3.05) is 0 Å². The Morgan fingerprint density at radius 2 is 1.00 bits per heavy atom. The molecule has 0 spiro atoms. The summed E-state index contributed by atoms with van der Waals surface area (Å²) in [6.07, 6.45) is 0. The van der Waals surface area contributed by atoms with Gasteiger partial charge in [0.2, 0.25) is 0 Å². The van der Waals surface area contributed by atoms with Gasteiger partial charge in [0.25, 0.3) is 0 Å². The maximum absolute atomic E-state index is 5.01. The van der Waals surface area contributed by atoms with Crippen LogP contribution in [0.15, 0.2) is 0 Å². The second-order valence-electron chi connectivity index (χ2n) is 0.192. The van der Waals surface area contributed by atoms with Gasteiger partial charge in [-0.25, -0.2) is 0 Å². The summed E-state index contributed by atoms with van der Waals surface area (Å²) in [6.45, 7) is 0. The van der Waals surface area contributed by atoms with Gasteiger partial charge in [-0.1, -0.05) is 0 Å². The Hall–Kier alpha value is 1.57. The van der Waals surface area contributed by atoms with Crippen molar-refractivity contribution in [3.63, 3.8) is 0 Å². The van der Waals surface area contributed by atoms with Crippen molar-refractivity contribution in [2.24, 2.45) is 0 Å². The summed E-state index contributed by atoms with van der Waals surface area (Å²) < 4.78 is 0. The minimum atomic E-state index is -2.18.